The highest BCUT2D eigenvalue weighted by Gasteiger charge is 2.10. The van der Waals surface area contributed by atoms with Gasteiger partial charge in [0.1, 0.15) is 0 Å². The standard InChI is InChI=1S/C14H10Br2ClNO/c1-8-2-3-9(15)6-11(8)14(19)18-10-4-5-12(16)13(17)7-10/h2-7H,1H3,(H,18,19). The third kappa shape index (κ3) is 3.59. The van der Waals surface area contributed by atoms with Gasteiger partial charge >= 0.3 is 0 Å². The minimum atomic E-state index is -0.155. The van der Waals surface area contributed by atoms with Crippen molar-refractivity contribution in [3.8, 4) is 0 Å². The average molecular weight is 404 g/mol. The number of carbonyl (C=O) groups excluding carboxylic acids is 1. The summed E-state index contributed by atoms with van der Waals surface area (Å²) in [5.41, 5.74) is 2.22. The minimum absolute atomic E-state index is 0.155. The largest absolute Gasteiger partial charge is 0.322 e. The van der Waals surface area contributed by atoms with Crippen LogP contribution in [-0.2, 0) is 0 Å². The maximum absolute atomic E-state index is 12.2. The number of halogens is 3. The van der Waals surface area contributed by atoms with Gasteiger partial charge in [-0.25, -0.2) is 0 Å². The Hall–Kier alpha value is -0.840. The van der Waals surface area contributed by atoms with Crippen LogP contribution in [0.4, 0.5) is 5.69 Å². The maximum atomic E-state index is 12.2. The monoisotopic (exact) mass is 401 g/mol. The molecule has 19 heavy (non-hydrogen) atoms. The van der Waals surface area contributed by atoms with Crippen LogP contribution in [-0.4, -0.2) is 5.91 Å². The topological polar surface area (TPSA) is 29.1 Å². The predicted molar refractivity (Wildman–Crippen MR) is 86.0 cm³/mol. The molecule has 2 rings (SSSR count). The summed E-state index contributed by atoms with van der Waals surface area (Å²) in [5.74, 6) is -0.155. The number of aryl methyl sites for hydroxylation is 1. The van der Waals surface area contributed by atoms with Gasteiger partial charge in [-0.15, -0.1) is 0 Å². The van der Waals surface area contributed by atoms with Crippen LogP contribution in [0.3, 0.4) is 0 Å². The molecule has 2 nitrogen and oxygen atoms in total. The maximum Gasteiger partial charge on any atom is 0.255 e. The van der Waals surface area contributed by atoms with Crippen molar-refractivity contribution >= 4 is 55.1 Å². The molecule has 0 aromatic heterocycles. The van der Waals surface area contributed by atoms with Gasteiger partial charge in [-0.2, -0.15) is 0 Å². The second kappa shape index (κ2) is 6.07. The number of benzene rings is 2. The van der Waals surface area contributed by atoms with E-state index in [9.17, 15) is 4.79 Å². The van der Waals surface area contributed by atoms with Gasteiger partial charge in [0.2, 0.25) is 0 Å². The van der Waals surface area contributed by atoms with Crippen LogP contribution in [0.25, 0.3) is 0 Å². The van der Waals surface area contributed by atoms with Crippen LogP contribution < -0.4 is 5.32 Å². The molecule has 0 fully saturated rings. The van der Waals surface area contributed by atoms with E-state index in [0.717, 1.165) is 14.5 Å². The second-order valence-electron chi connectivity index (χ2n) is 4.04. The van der Waals surface area contributed by atoms with E-state index in [1.54, 1.807) is 24.3 Å². The van der Waals surface area contributed by atoms with Gasteiger partial charge in [0.15, 0.2) is 0 Å². The number of hydrogen-bond donors (Lipinski definition) is 1. The first-order chi connectivity index (χ1) is 8.97. The first-order valence-electron chi connectivity index (χ1n) is 5.50. The molecule has 0 heterocycles. The van der Waals surface area contributed by atoms with E-state index < -0.39 is 0 Å². The number of hydrogen-bond acceptors (Lipinski definition) is 1. The first kappa shape index (κ1) is 14.6. The van der Waals surface area contributed by atoms with Crippen molar-refractivity contribution in [1.29, 1.82) is 0 Å². The molecule has 0 aliphatic rings. The quantitative estimate of drug-likeness (QED) is 0.712. The Bertz CT molecular complexity index is 643. The fraction of sp³-hybridized carbons (Fsp3) is 0.0714. The van der Waals surface area contributed by atoms with Gasteiger partial charge in [-0.1, -0.05) is 33.6 Å². The lowest BCUT2D eigenvalue weighted by Crippen LogP contribution is -2.13. The molecule has 2 aromatic rings. The summed E-state index contributed by atoms with van der Waals surface area (Å²) >= 11 is 12.7. The Morgan fingerprint density at radius 1 is 1.16 bits per heavy atom. The molecule has 0 aliphatic carbocycles. The molecule has 0 atom stereocenters. The van der Waals surface area contributed by atoms with E-state index in [1.165, 1.54) is 0 Å². The number of carbonyl (C=O) groups is 1. The molecule has 1 N–H and O–H groups in total. The molecule has 0 saturated heterocycles. The van der Waals surface area contributed by atoms with Gasteiger partial charge in [0.05, 0.1) is 5.02 Å². The van der Waals surface area contributed by atoms with Crippen LogP contribution in [0.15, 0.2) is 45.3 Å². The molecule has 1 amide bonds. The summed E-state index contributed by atoms with van der Waals surface area (Å²) in [6.07, 6.45) is 0. The van der Waals surface area contributed by atoms with Gasteiger partial charge in [0, 0.05) is 20.2 Å². The van der Waals surface area contributed by atoms with E-state index in [2.05, 4.69) is 37.2 Å². The van der Waals surface area contributed by atoms with Crippen molar-refractivity contribution in [2.24, 2.45) is 0 Å². The zero-order valence-corrected chi connectivity index (χ0v) is 13.9. The number of rotatable bonds is 2. The zero-order valence-electron chi connectivity index (χ0n) is 10.0. The summed E-state index contributed by atoms with van der Waals surface area (Å²) in [6.45, 7) is 1.90. The SMILES string of the molecule is Cc1ccc(Br)cc1C(=O)Nc1ccc(Br)c(Cl)c1. The van der Waals surface area contributed by atoms with Crippen molar-refractivity contribution in [3.63, 3.8) is 0 Å². The molecule has 0 aliphatic heterocycles. The minimum Gasteiger partial charge on any atom is -0.322 e. The lowest BCUT2D eigenvalue weighted by Gasteiger charge is -2.09. The molecule has 5 heteroatoms. The van der Waals surface area contributed by atoms with Gasteiger partial charge in [-0.05, 0) is 58.7 Å². The molecular weight excluding hydrogens is 393 g/mol. The third-order valence-electron chi connectivity index (χ3n) is 2.62. The highest BCUT2D eigenvalue weighted by Crippen LogP contribution is 2.26. The Morgan fingerprint density at radius 2 is 1.89 bits per heavy atom. The van der Waals surface area contributed by atoms with Crippen molar-refractivity contribution in [2.45, 2.75) is 6.92 Å². The van der Waals surface area contributed by atoms with Gasteiger partial charge < -0.3 is 5.32 Å². The summed E-state index contributed by atoms with van der Waals surface area (Å²) in [4.78, 5) is 12.2. The van der Waals surface area contributed by atoms with Crippen molar-refractivity contribution in [1.82, 2.24) is 0 Å². The Labute approximate surface area is 133 Å². The summed E-state index contributed by atoms with van der Waals surface area (Å²) < 4.78 is 1.67. The second-order valence-corrected chi connectivity index (χ2v) is 6.22. The molecule has 2 aromatic carbocycles. The summed E-state index contributed by atoms with van der Waals surface area (Å²) in [5, 5.41) is 3.39. The number of nitrogens with one attached hydrogen (secondary N) is 1. The molecule has 98 valence electrons. The molecule has 0 unspecified atom stereocenters. The number of amides is 1. The Morgan fingerprint density at radius 3 is 2.58 bits per heavy atom. The van der Waals surface area contributed by atoms with Crippen LogP contribution in [0.2, 0.25) is 5.02 Å². The van der Waals surface area contributed by atoms with E-state index in [0.29, 0.717) is 16.3 Å². The van der Waals surface area contributed by atoms with Gasteiger partial charge in [0.25, 0.3) is 5.91 Å². The number of anilines is 1. The highest BCUT2D eigenvalue weighted by atomic mass is 79.9. The summed E-state index contributed by atoms with van der Waals surface area (Å²) in [7, 11) is 0. The lowest BCUT2D eigenvalue weighted by molar-refractivity contribution is 0.102. The first-order valence-corrected chi connectivity index (χ1v) is 7.46. The van der Waals surface area contributed by atoms with Crippen molar-refractivity contribution < 1.29 is 4.79 Å². The van der Waals surface area contributed by atoms with Crippen LogP contribution in [0.5, 0.6) is 0 Å². The van der Waals surface area contributed by atoms with E-state index in [-0.39, 0.29) is 5.91 Å². The lowest BCUT2D eigenvalue weighted by atomic mass is 10.1. The van der Waals surface area contributed by atoms with Crippen LogP contribution >= 0.6 is 43.5 Å². The molecular formula is C14H10Br2ClNO. The average Bonchev–Trinajstić information content (AvgIpc) is 2.36. The summed E-state index contributed by atoms with van der Waals surface area (Å²) in [6, 6.07) is 10.9. The third-order valence-corrected chi connectivity index (χ3v) is 4.35. The van der Waals surface area contributed by atoms with Gasteiger partial charge in [-0.3, -0.25) is 4.79 Å². The predicted octanol–water partition coefficient (Wildman–Crippen LogP) is 5.43. The molecule has 0 radical (unpaired) electrons. The van der Waals surface area contributed by atoms with Crippen LogP contribution in [0, 0.1) is 6.92 Å². The van der Waals surface area contributed by atoms with Crippen molar-refractivity contribution in [3.05, 3.63) is 61.5 Å². The van der Waals surface area contributed by atoms with E-state index in [1.807, 2.05) is 19.1 Å². The highest BCUT2D eigenvalue weighted by molar-refractivity contribution is 9.10. The fourth-order valence-electron chi connectivity index (χ4n) is 1.61. The van der Waals surface area contributed by atoms with Crippen molar-refractivity contribution in [2.75, 3.05) is 5.32 Å². The molecule has 0 spiro atoms. The normalized spacial score (nSPS) is 10.3. The fourth-order valence-corrected chi connectivity index (χ4v) is 2.40. The van der Waals surface area contributed by atoms with E-state index in [4.69, 9.17) is 11.6 Å². The Kier molecular flexibility index (Phi) is 4.66. The zero-order chi connectivity index (χ0) is 14.0. The van der Waals surface area contributed by atoms with E-state index >= 15 is 0 Å². The molecule has 0 bridgehead atoms. The Balaban J connectivity index is 2.25. The van der Waals surface area contributed by atoms with Crippen LogP contribution in [0.1, 0.15) is 15.9 Å². The molecule has 0 saturated carbocycles. The smallest absolute Gasteiger partial charge is 0.255 e.